The molecule has 0 fully saturated rings. The van der Waals surface area contributed by atoms with Gasteiger partial charge in [0.05, 0.1) is 23.3 Å². The molecule has 0 spiro atoms. The number of aromatic nitrogens is 1. The number of hydrazone groups is 1. The van der Waals surface area contributed by atoms with Crippen LogP contribution in [-0.2, 0) is 9.59 Å². The minimum Gasteiger partial charge on any atom is -0.479 e. The molecule has 1 atom stereocenters. The van der Waals surface area contributed by atoms with Crippen LogP contribution in [0.5, 0.6) is 5.75 Å². The number of carbonyl (C=O) groups is 2. The van der Waals surface area contributed by atoms with Crippen molar-refractivity contribution in [2.45, 2.75) is 26.4 Å². The van der Waals surface area contributed by atoms with Crippen LogP contribution >= 0.6 is 23.2 Å². The van der Waals surface area contributed by atoms with Crippen LogP contribution in [0.15, 0.2) is 47.8 Å². The Bertz CT molecular complexity index is 844. The van der Waals surface area contributed by atoms with Crippen LogP contribution in [0.25, 0.3) is 0 Å². The van der Waals surface area contributed by atoms with E-state index in [1.54, 1.807) is 44.3 Å². The van der Waals surface area contributed by atoms with Gasteiger partial charge in [0.2, 0.25) is 5.91 Å². The summed E-state index contributed by atoms with van der Waals surface area (Å²) in [4.78, 5) is 27.9. The summed E-state index contributed by atoms with van der Waals surface area (Å²) in [6, 6.07) is 8.14. The van der Waals surface area contributed by atoms with E-state index < -0.39 is 12.0 Å². The highest BCUT2D eigenvalue weighted by Gasteiger charge is 2.16. The number of hydrogen-bond acceptors (Lipinski definition) is 5. The molecule has 2 aromatic rings. The number of carbonyl (C=O) groups excluding carboxylic acids is 2. The molecule has 0 bridgehead atoms. The molecule has 142 valence electrons. The summed E-state index contributed by atoms with van der Waals surface area (Å²) in [5, 5.41) is 7.36. The third-order valence-electron chi connectivity index (χ3n) is 3.29. The Balaban J connectivity index is 1.84. The highest BCUT2D eigenvalue weighted by atomic mass is 35.5. The van der Waals surface area contributed by atoms with Gasteiger partial charge in [-0.05, 0) is 44.2 Å². The van der Waals surface area contributed by atoms with Gasteiger partial charge >= 0.3 is 0 Å². The van der Waals surface area contributed by atoms with Gasteiger partial charge in [-0.2, -0.15) is 5.10 Å². The van der Waals surface area contributed by atoms with E-state index in [-0.39, 0.29) is 12.3 Å². The zero-order chi connectivity index (χ0) is 19.8. The Morgan fingerprint density at radius 3 is 2.74 bits per heavy atom. The van der Waals surface area contributed by atoms with Gasteiger partial charge in [0.1, 0.15) is 5.75 Å². The lowest BCUT2D eigenvalue weighted by Gasteiger charge is -2.14. The number of amides is 2. The molecule has 0 aliphatic heterocycles. The highest BCUT2D eigenvalue weighted by molar-refractivity contribution is 6.35. The Hall–Kier alpha value is -2.64. The molecule has 0 unspecified atom stereocenters. The highest BCUT2D eigenvalue weighted by Crippen LogP contribution is 2.28. The smallest absolute Gasteiger partial charge is 0.280 e. The molecule has 0 saturated heterocycles. The number of ether oxygens (including phenoxy) is 1. The van der Waals surface area contributed by atoms with Crippen molar-refractivity contribution >= 4 is 46.4 Å². The van der Waals surface area contributed by atoms with Crippen LogP contribution in [0, 0.1) is 0 Å². The van der Waals surface area contributed by atoms with E-state index >= 15 is 0 Å². The van der Waals surface area contributed by atoms with Crippen LogP contribution in [0.1, 0.15) is 20.3 Å². The first-order valence-corrected chi connectivity index (χ1v) is 8.75. The number of nitrogens with zero attached hydrogens (tertiary/aromatic N) is 2. The fraction of sp³-hybridized carbons (Fsp3) is 0.222. The number of halogens is 2. The fourth-order valence-electron chi connectivity index (χ4n) is 1.97. The topological polar surface area (TPSA) is 92.7 Å². The number of nitrogens with one attached hydrogen (secondary N) is 2. The summed E-state index contributed by atoms with van der Waals surface area (Å²) in [5.74, 6) is -0.413. The Morgan fingerprint density at radius 1 is 1.30 bits per heavy atom. The van der Waals surface area contributed by atoms with E-state index in [2.05, 4.69) is 20.8 Å². The maximum Gasteiger partial charge on any atom is 0.280 e. The molecule has 2 N–H and O–H groups in total. The lowest BCUT2D eigenvalue weighted by molar-refractivity contribution is -0.127. The summed E-state index contributed by atoms with van der Waals surface area (Å²) in [6.45, 7) is 3.19. The molecule has 0 aliphatic rings. The van der Waals surface area contributed by atoms with Crippen molar-refractivity contribution in [2.24, 2.45) is 5.10 Å². The van der Waals surface area contributed by atoms with Crippen molar-refractivity contribution in [3.05, 3.63) is 52.8 Å². The minimum absolute atomic E-state index is 0.0213. The maximum atomic E-state index is 12.1. The molecule has 27 heavy (non-hydrogen) atoms. The lowest BCUT2D eigenvalue weighted by atomic mass is 10.3. The van der Waals surface area contributed by atoms with E-state index in [9.17, 15) is 9.59 Å². The third kappa shape index (κ3) is 6.88. The molecule has 7 nitrogen and oxygen atoms in total. The third-order valence-corrected chi connectivity index (χ3v) is 3.82. The summed E-state index contributed by atoms with van der Waals surface area (Å²) < 4.78 is 5.50. The quantitative estimate of drug-likeness (QED) is 0.539. The first-order valence-electron chi connectivity index (χ1n) is 7.99. The lowest BCUT2D eigenvalue weighted by Crippen LogP contribution is -2.34. The molecule has 1 heterocycles. The van der Waals surface area contributed by atoms with Gasteiger partial charge < -0.3 is 10.1 Å². The van der Waals surface area contributed by atoms with Crippen LogP contribution in [0.2, 0.25) is 10.0 Å². The average Bonchev–Trinajstić information content (AvgIpc) is 2.62. The summed E-state index contributed by atoms with van der Waals surface area (Å²) in [5.41, 5.74) is 3.38. The van der Waals surface area contributed by atoms with Crippen molar-refractivity contribution in [1.29, 1.82) is 0 Å². The second-order valence-electron chi connectivity index (χ2n) is 5.62. The van der Waals surface area contributed by atoms with Crippen molar-refractivity contribution in [3.63, 3.8) is 0 Å². The molecule has 0 radical (unpaired) electrons. The SMILES string of the molecule is C/C(CC(=O)Nc1cccnc1)=N/NC(=O)[C@@H](C)Oc1ccc(Cl)cc1Cl. The Kier molecular flexibility index (Phi) is 7.57. The Morgan fingerprint density at radius 2 is 2.07 bits per heavy atom. The maximum absolute atomic E-state index is 12.1. The van der Waals surface area contributed by atoms with Gasteiger partial charge in [0, 0.05) is 16.9 Å². The number of hydrogen-bond donors (Lipinski definition) is 2. The van der Waals surface area contributed by atoms with E-state index in [0.717, 1.165) is 0 Å². The molecule has 1 aromatic carbocycles. The van der Waals surface area contributed by atoms with E-state index in [1.807, 2.05) is 0 Å². The first kappa shape index (κ1) is 20.7. The normalized spacial score (nSPS) is 12.2. The minimum atomic E-state index is -0.843. The zero-order valence-electron chi connectivity index (χ0n) is 14.7. The zero-order valence-corrected chi connectivity index (χ0v) is 16.2. The van der Waals surface area contributed by atoms with Crippen LogP contribution in [0.3, 0.4) is 0 Å². The van der Waals surface area contributed by atoms with Gasteiger partial charge in [-0.25, -0.2) is 5.43 Å². The van der Waals surface area contributed by atoms with Gasteiger partial charge in [0.15, 0.2) is 6.10 Å². The van der Waals surface area contributed by atoms with Crippen molar-refractivity contribution in [1.82, 2.24) is 10.4 Å². The first-order chi connectivity index (χ1) is 12.8. The molecular formula is C18H18Cl2N4O3. The molecule has 2 rings (SSSR count). The van der Waals surface area contributed by atoms with Crippen molar-refractivity contribution in [3.8, 4) is 5.75 Å². The standard InChI is InChI=1S/C18H18Cl2N4O3/c1-11(8-17(25)22-14-4-3-7-21-10-14)23-24-18(26)12(2)27-16-6-5-13(19)9-15(16)20/h3-7,9-10,12H,8H2,1-2H3,(H,22,25)(H,24,26)/b23-11-/t12-/m1/s1. The number of benzene rings is 1. The number of anilines is 1. The molecule has 0 saturated carbocycles. The summed E-state index contributed by atoms with van der Waals surface area (Å²) in [7, 11) is 0. The summed E-state index contributed by atoms with van der Waals surface area (Å²) in [6.07, 6.45) is 2.32. The molecule has 9 heteroatoms. The van der Waals surface area contributed by atoms with Crippen molar-refractivity contribution in [2.75, 3.05) is 5.32 Å². The van der Waals surface area contributed by atoms with E-state index in [4.69, 9.17) is 27.9 Å². The predicted octanol–water partition coefficient (Wildman–Crippen LogP) is 3.68. The van der Waals surface area contributed by atoms with Crippen LogP contribution in [0.4, 0.5) is 5.69 Å². The molecule has 2 amide bonds. The van der Waals surface area contributed by atoms with Gasteiger partial charge in [0.25, 0.3) is 5.91 Å². The largest absolute Gasteiger partial charge is 0.479 e. The number of pyridine rings is 1. The van der Waals surface area contributed by atoms with E-state index in [0.29, 0.717) is 27.2 Å². The fourth-order valence-corrected chi connectivity index (χ4v) is 2.42. The van der Waals surface area contributed by atoms with Gasteiger partial charge in [-0.15, -0.1) is 0 Å². The predicted molar refractivity (Wildman–Crippen MR) is 105 cm³/mol. The second-order valence-corrected chi connectivity index (χ2v) is 6.47. The monoisotopic (exact) mass is 408 g/mol. The molecule has 0 aliphatic carbocycles. The second kappa shape index (κ2) is 9.89. The van der Waals surface area contributed by atoms with Gasteiger partial charge in [-0.1, -0.05) is 23.2 Å². The summed E-state index contributed by atoms with van der Waals surface area (Å²) >= 11 is 11.8. The average molecular weight is 409 g/mol. The molecular weight excluding hydrogens is 391 g/mol. The number of rotatable bonds is 7. The van der Waals surface area contributed by atoms with Crippen molar-refractivity contribution < 1.29 is 14.3 Å². The Labute approximate surface area is 166 Å². The van der Waals surface area contributed by atoms with Crippen LogP contribution in [-0.4, -0.2) is 28.6 Å². The van der Waals surface area contributed by atoms with Crippen LogP contribution < -0.4 is 15.5 Å². The van der Waals surface area contributed by atoms with E-state index in [1.165, 1.54) is 12.3 Å². The molecule has 1 aromatic heterocycles. The van der Waals surface area contributed by atoms with Gasteiger partial charge in [-0.3, -0.25) is 14.6 Å².